The summed E-state index contributed by atoms with van der Waals surface area (Å²) in [4.78, 5) is 11.6. The van der Waals surface area contributed by atoms with Crippen LogP contribution in [0.1, 0.15) is 19.4 Å². The molecule has 0 aliphatic rings. The molecule has 2 rings (SSSR count). The van der Waals surface area contributed by atoms with Crippen molar-refractivity contribution >= 4 is 10.9 Å². The third-order valence-electron chi connectivity index (χ3n) is 2.51. The lowest BCUT2D eigenvalue weighted by Crippen LogP contribution is -2.04. The molecule has 4 nitrogen and oxygen atoms in total. The summed E-state index contributed by atoms with van der Waals surface area (Å²) in [6.45, 7) is 5.33. The second kappa shape index (κ2) is 4.14. The molecule has 0 aliphatic heterocycles. The van der Waals surface area contributed by atoms with Gasteiger partial charge in [0.15, 0.2) is 0 Å². The van der Waals surface area contributed by atoms with E-state index in [9.17, 15) is 4.79 Å². The van der Waals surface area contributed by atoms with E-state index >= 15 is 0 Å². The van der Waals surface area contributed by atoms with Crippen molar-refractivity contribution in [1.82, 2.24) is 4.74 Å². The second-order valence-electron chi connectivity index (χ2n) is 4.39. The molecule has 4 heteroatoms. The minimum Gasteiger partial charge on any atom is -0.335 e. The first-order valence-electron chi connectivity index (χ1n) is 5.44. The average molecular weight is 220 g/mol. The Hall–Kier alpha value is -1.55. The van der Waals surface area contributed by atoms with Crippen LogP contribution in [0.4, 0.5) is 0 Å². The number of nitrogens with two attached hydrogens (primary N) is 1. The van der Waals surface area contributed by atoms with Crippen LogP contribution >= 0.6 is 0 Å². The quantitative estimate of drug-likeness (QED) is 0.856. The Labute approximate surface area is 93.6 Å². The van der Waals surface area contributed by atoms with Gasteiger partial charge in [0, 0.05) is 6.54 Å². The summed E-state index contributed by atoms with van der Waals surface area (Å²) in [6.07, 6.45) is 0. The molecule has 0 bridgehead atoms. The monoisotopic (exact) mass is 220 g/mol. The highest BCUT2D eigenvalue weighted by Crippen LogP contribution is 2.15. The Morgan fingerprint density at radius 2 is 2.19 bits per heavy atom. The van der Waals surface area contributed by atoms with Gasteiger partial charge in [-0.05, 0) is 23.6 Å². The Morgan fingerprint density at radius 3 is 2.81 bits per heavy atom. The third kappa shape index (κ3) is 1.88. The molecule has 0 fully saturated rings. The van der Waals surface area contributed by atoms with Crippen molar-refractivity contribution in [2.45, 2.75) is 26.9 Å². The van der Waals surface area contributed by atoms with Crippen LogP contribution in [0.3, 0.4) is 0 Å². The summed E-state index contributed by atoms with van der Waals surface area (Å²) < 4.78 is 6.85. The van der Waals surface area contributed by atoms with Crippen LogP contribution in [-0.4, -0.2) is 4.74 Å². The van der Waals surface area contributed by atoms with Crippen molar-refractivity contribution in [3.8, 4) is 0 Å². The molecule has 0 saturated carbocycles. The van der Waals surface area contributed by atoms with Gasteiger partial charge in [-0.25, -0.2) is 9.53 Å². The molecule has 1 heterocycles. The second-order valence-corrected chi connectivity index (χ2v) is 4.39. The highest BCUT2D eigenvalue weighted by Gasteiger charge is 2.10. The van der Waals surface area contributed by atoms with E-state index in [1.54, 1.807) is 10.8 Å². The number of rotatable bonds is 3. The summed E-state index contributed by atoms with van der Waals surface area (Å²) in [6, 6.07) is 5.56. The molecule has 2 N–H and O–H groups in total. The molecule has 16 heavy (non-hydrogen) atoms. The van der Waals surface area contributed by atoms with Gasteiger partial charge in [-0.1, -0.05) is 19.9 Å². The summed E-state index contributed by atoms with van der Waals surface area (Å²) in [7, 11) is 0. The standard InChI is InChI=1S/C12H16N2O2/c1-8(2)7-14-11-5-9(6-13)3-4-10(11)12(15)16-14/h3-5,8H,6-7,13H2,1-2H3. The van der Waals surface area contributed by atoms with Gasteiger partial charge in [-0.15, -0.1) is 0 Å². The molecule has 2 aromatic rings. The zero-order valence-corrected chi connectivity index (χ0v) is 9.56. The van der Waals surface area contributed by atoms with E-state index in [-0.39, 0.29) is 5.63 Å². The van der Waals surface area contributed by atoms with E-state index in [0.29, 0.717) is 24.4 Å². The maximum Gasteiger partial charge on any atom is 0.365 e. The zero-order valence-electron chi connectivity index (χ0n) is 9.56. The fraction of sp³-hybridized carbons (Fsp3) is 0.417. The van der Waals surface area contributed by atoms with Crippen LogP contribution in [0, 0.1) is 5.92 Å². The Balaban J connectivity index is 2.60. The van der Waals surface area contributed by atoms with Crippen LogP contribution < -0.4 is 11.4 Å². The molecular formula is C12H16N2O2. The molecule has 0 atom stereocenters. The zero-order chi connectivity index (χ0) is 11.7. The van der Waals surface area contributed by atoms with Crippen LogP contribution in [0.15, 0.2) is 27.5 Å². The van der Waals surface area contributed by atoms with Crippen molar-refractivity contribution in [3.05, 3.63) is 34.2 Å². The van der Waals surface area contributed by atoms with Gasteiger partial charge < -0.3 is 10.3 Å². The predicted octanol–water partition coefficient (Wildman–Crippen LogP) is 1.71. The van der Waals surface area contributed by atoms with E-state index < -0.39 is 0 Å². The molecule has 0 spiro atoms. The molecule has 0 unspecified atom stereocenters. The number of benzene rings is 1. The van der Waals surface area contributed by atoms with E-state index in [4.69, 9.17) is 10.3 Å². The highest BCUT2D eigenvalue weighted by atomic mass is 16.5. The van der Waals surface area contributed by atoms with Gasteiger partial charge in [-0.2, -0.15) is 0 Å². The normalized spacial score (nSPS) is 11.5. The first-order chi connectivity index (χ1) is 7.61. The van der Waals surface area contributed by atoms with Crippen molar-refractivity contribution < 1.29 is 4.52 Å². The van der Waals surface area contributed by atoms with Gasteiger partial charge in [-0.3, -0.25) is 0 Å². The first-order valence-corrected chi connectivity index (χ1v) is 5.44. The van der Waals surface area contributed by atoms with E-state index in [1.165, 1.54) is 0 Å². The number of hydrogen-bond acceptors (Lipinski definition) is 3. The summed E-state index contributed by atoms with van der Waals surface area (Å²) in [5, 5.41) is 0.623. The minimum atomic E-state index is -0.278. The third-order valence-corrected chi connectivity index (χ3v) is 2.51. The Kier molecular flexibility index (Phi) is 2.83. The van der Waals surface area contributed by atoms with Crippen LogP contribution in [-0.2, 0) is 13.1 Å². The van der Waals surface area contributed by atoms with E-state index in [1.807, 2.05) is 12.1 Å². The van der Waals surface area contributed by atoms with Crippen LogP contribution in [0.25, 0.3) is 10.9 Å². The maximum atomic E-state index is 11.6. The van der Waals surface area contributed by atoms with Gasteiger partial charge in [0.2, 0.25) is 0 Å². The van der Waals surface area contributed by atoms with Gasteiger partial charge >= 0.3 is 5.63 Å². The molecule has 0 aliphatic carbocycles. The first kappa shape index (κ1) is 11.0. The minimum absolute atomic E-state index is 0.278. The Morgan fingerprint density at radius 1 is 1.44 bits per heavy atom. The maximum absolute atomic E-state index is 11.6. The predicted molar refractivity (Wildman–Crippen MR) is 63.2 cm³/mol. The van der Waals surface area contributed by atoms with Gasteiger partial charge in [0.1, 0.15) is 0 Å². The molecule has 0 saturated heterocycles. The Bertz CT molecular complexity index is 552. The summed E-state index contributed by atoms with van der Waals surface area (Å²) >= 11 is 0. The van der Waals surface area contributed by atoms with Gasteiger partial charge in [0.25, 0.3) is 0 Å². The van der Waals surface area contributed by atoms with Gasteiger partial charge in [0.05, 0.1) is 17.4 Å². The number of fused-ring (bicyclic) bond motifs is 1. The van der Waals surface area contributed by atoms with Crippen molar-refractivity contribution in [2.75, 3.05) is 0 Å². The average Bonchev–Trinajstić information content (AvgIpc) is 2.54. The smallest absolute Gasteiger partial charge is 0.335 e. The molecule has 0 radical (unpaired) electrons. The van der Waals surface area contributed by atoms with E-state index in [0.717, 1.165) is 11.1 Å². The number of nitrogens with zero attached hydrogens (tertiary/aromatic N) is 1. The fourth-order valence-corrected chi connectivity index (χ4v) is 1.75. The number of aromatic nitrogens is 1. The van der Waals surface area contributed by atoms with Crippen molar-refractivity contribution in [1.29, 1.82) is 0 Å². The van der Waals surface area contributed by atoms with Crippen LogP contribution in [0.5, 0.6) is 0 Å². The number of hydrogen-bond donors (Lipinski definition) is 1. The lowest BCUT2D eigenvalue weighted by Gasteiger charge is -2.05. The summed E-state index contributed by atoms with van der Waals surface area (Å²) in [5.41, 5.74) is 7.14. The topological polar surface area (TPSA) is 61.2 Å². The highest BCUT2D eigenvalue weighted by molar-refractivity contribution is 5.78. The molecule has 0 amide bonds. The SMILES string of the molecule is CC(C)Cn1oc(=O)c2ccc(CN)cc21. The van der Waals surface area contributed by atoms with Crippen molar-refractivity contribution in [3.63, 3.8) is 0 Å². The lowest BCUT2D eigenvalue weighted by atomic mass is 10.1. The largest absolute Gasteiger partial charge is 0.365 e. The molecule has 1 aromatic heterocycles. The molecular weight excluding hydrogens is 204 g/mol. The van der Waals surface area contributed by atoms with Crippen molar-refractivity contribution in [2.24, 2.45) is 11.7 Å². The van der Waals surface area contributed by atoms with Crippen LogP contribution in [0.2, 0.25) is 0 Å². The lowest BCUT2D eigenvalue weighted by molar-refractivity contribution is 0.238. The van der Waals surface area contributed by atoms with E-state index in [2.05, 4.69) is 13.8 Å². The summed E-state index contributed by atoms with van der Waals surface area (Å²) in [5.74, 6) is 0.431. The molecule has 86 valence electrons. The fourth-order valence-electron chi connectivity index (χ4n) is 1.75. The molecule has 1 aromatic carbocycles.